The van der Waals surface area contributed by atoms with Crippen LogP contribution in [0.5, 0.6) is 0 Å². The molecule has 2 rings (SSSR count). The van der Waals surface area contributed by atoms with Crippen LogP contribution >= 0.6 is 0 Å². The molecule has 0 radical (unpaired) electrons. The van der Waals surface area contributed by atoms with E-state index in [-0.39, 0.29) is 11.0 Å². The van der Waals surface area contributed by atoms with E-state index >= 15 is 0 Å². The molecule has 2 atom stereocenters. The smallest absolute Gasteiger partial charge is 0.150 e. The van der Waals surface area contributed by atoms with Gasteiger partial charge in [0.05, 0.1) is 17.1 Å². The summed E-state index contributed by atoms with van der Waals surface area (Å²) in [5.41, 5.74) is -0.0475. The van der Waals surface area contributed by atoms with Gasteiger partial charge in [0.25, 0.3) is 0 Å². The summed E-state index contributed by atoms with van der Waals surface area (Å²) >= 11 is 0. The van der Waals surface area contributed by atoms with Crippen LogP contribution in [0.25, 0.3) is 0 Å². The molecule has 2 aliphatic rings. The van der Waals surface area contributed by atoms with E-state index in [1.807, 2.05) is 0 Å². The van der Waals surface area contributed by atoms with Gasteiger partial charge in [0, 0.05) is 7.11 Å². The second-order valence-electron chi connectivity index (χ2n) is 6.45. The van der Waals surface area contributed by atoms with Crippen molar-refractivity contribution in [3.8, 4) is 0 Å². The third-order valence-electron chi connectivity index (χ3n) is 4.54. The fourth-order valence-corrected chi connectivity index (χ4v) is 5.68. The third kappa shape index (κ3) is 1.80. The highest BCUT2D eigenvalue weighted by Gasteiger charge is 2.56. The predicted octanol–water partition coefficient (Wildman–Crippen LogP) is 1.87. The van der Waals surface area contributed by atoms with Crippen LogP contribution in [0.2, 0.25) is 0 Å². The Balaban J connectivity index is 2.22. The first-order valence-corrected chi connectivity index (χ1v) is 7.77. The number of fused-ring (bicyclic) bond motifs is 1. The maximum atomic E-state index is 11.6. The molecule has 0 aromatic rings. The third-order valence-corrected chi connectivity index (χ3v) is 6.42. The highest BCUT2D eigenvalue weighted by atomic mass is 32.2. The molecule has 1 saturated heterocycles. The fourth-order valence-electron chi connectivity index (χ4n) is 3.46. The van der Waals surface area contributed by atoms with Crippen LogP contribution in [-0.2, 0) is 14.6 Å². The fraction of sp³-hybridized carbons (Fsp3) is 1.00. The molecule has 0 bridgehead atoms. The maximum absolute atomic E-state index is 11.6. The number of methoxy groups -OCH3 is 1. The molecule has 1 aliphatic carbocycles. The minimum Gasteiger partial charge on any atom is -0.378 e. The highest BCUT2D eigenvalue weighted by molar-refractivity contribution is 7.91. The lowest BCUT2D eigenvalue weighted by atomic mass is 9.74. The SMILES string of the molecule is COC1(C(C)(C)C)CC2CS(=O)(=O)CC2C1. The van der Waals surface area contributed by atoms with Crippen molar-refractivity contribution in [2.75, 3.05) is 18.6 Å². The molecule has 3 nitrogen and oxygen atoms in total. The molecular formula is C12H22O3S. The van der Waals surface area contributed by atoms with Crippen LogP contribution in [0.15, 0.2) is 0 Å². The topological polar surface area (TPSA) is 43.4 Å². The predicted molar refractivity (Wildman–Crippen MR) is 64.1 cm³/mol. The van der Waals surface area contributed by atoms with Crippen molar-refractivity contribution in [2.24, 2.45) is 17.3 Å². The van der Waals surface area contributed by atoms with Gasteiger partial charge < -0.3 is 4.74 Å². The van der Waals surface area contributed by atoms with E-state index < -0.39 is 9.84 Å². The first-order valence-electron chi connectivity index (χ1n) is 5.95. The van der Waals surface area contributed by atoms with Crippen LogP contribution in [0.1, 0.15) is 33.6 Å². The molecule has 0 N–H and O–H groups in total. The van der Waals surface area contributed by atoms with Gasteiger partial charge in [-0.1, -0.05) is 20.8 Å². The highest BCUT2D eigenvalue weighted by Crippen LogP contribution is 2.53. The molecule has 94 valence electrons. The Labute approximate surface area is 98.5 Å². The molecule has 4 heteroatoms. The molecule has 1 saturated carbocycles. The Bertz CT molecular complexity index is 358. The van der Waals surface area contributed by atoms with Crippen LogP contribution < -0.4 is 0 Å². The van der Waals surface area contributed by atoms with E-state index in [0.717, 1.165) is 12.8 Å². The number of hydrogen-bond acceptors (Lipinski definition) is 3. The van der Waals surface area contributed by atoms with Crippen molar-refractivity contribution in [3.05, 3.63) is 0 Å². The standard InChI is InChI=1S/C12H22O3S/c1-11(2,3)12(15-4)5-9-7-16(13,14)8-10(9)6-12/h9-10H,5-8H2,1-4H3. The first kappa shape index (κ1) is 12.4. The van der Waals surface area contributed by atoms with Gasteiger partial charge in [-0.3, -0.25) is 0 Å². The lowest BCUT2D eigenvalue weighted by molar-refractivity contribution is -0.0903. The molecule has 1 aliphatic heterocycles. The van der Waals surface area contributed by atoms with Gasteiger partial charge in [-0.15, -0.1) is 0 Å². The van der Waals surface area contributed by atoms with E-state index in [2.05, 4.69) is 20.8 Å². The zero-order chi connectivity index (χ0) is 12.2. The number of ether oxygens (including phenoxy) is 1. The van der Waals surface area contributed by atoms with E-state index in [9.17, 15) is 8.42 Å². The molecule has 2 unspecified atom stereocenters. The van der Waals surface area contributed by atoms with Crippen LogP contribution in [0.3, 0.4) is 0 Å². The summed E-state index contributed by atoms with van der Waals surface area (Å²) in [6.07, 6.45) is 1.80. The van der Waals surface area contributed by atoms with E-state index in [4.69, 9.17) is 4.74 Å². The average Bonchev–Trinajstić information content (AvgIpc) is 2.53. The number of rotatable bonds is 1. The summed E-state index contributed by atoms with van der Waals surface area (Å²) in [5, 5.41) is 0. The molecule has 1 heterocycles. The molecule has 0 aromatic heterocycles. The van der Waals surface area contributed by atoms with Crippen molar-refractivity contribution >= 4 is 9.84 Å². The summed E-state index contributed by atoms with van der Waals surface area (Å²) in [6, 6.07) is 0. The Kier molecular flexibility index (Phi) is 2.67. The molecule has 2 fully saturated rings. The van der Waals surface area contributed by atoms with Crippen LogP contribution in [-0.4, -0.2) is 32.6 Å². The van der Waals surface area contributed by atoms with Crippen molar-refractivity contribution < 1.29 is 13.2 Å². The average molecular weight is 246 g/mol. The summed E-state index contributed by atoms with van der Waals surface area (Å²) < 4.78 is 28.9. The van der Waals surface area contributed by atoms with Crippen molar-refractivity contribution in [1.82, 2.24) is 0 Å². The van der Waals surface area contributed by atoms with Crippen molar-refractivity contribution in [2.45, 2.75) is 39.2 Å². The molecular weight excluding hydrogens is 224 g/mol. The Hall–Kier alpha value is -0.0900. The molecule has 0 amide bonds. The number of hydrogen-bond donors (Lipinski definition) is 0. The van der Waals surface area contributed by atoms with Gasteiger partial charge in [0.1, 0.15) is 0 Å². The van der Waals surface area contributed by atoms with E-state index in [0.29, 0.717) is 23.3 Å². The minimum atomic E-state index is -2.76. The zero-order valence-corrected chi connectivity index (χ0v) is 11.4. The van der Waals surface area contributed by atoms with E-state index in [1.54, 1.807) is 7.11 Å². The second-order valence-corrected chi connectivity index (χ2v) is 8.61. The van der Waals surface area contributed by atoms with Gasteiger partial charge in [-0.25, -0.2) is 8.42 Å². The maximum Gasteiger partial charge on any atom is 0.150 e. The van der Waals surface area contributed by atoms with Gasteiger partial charge in [-0.05, 0) is 30.1 Å². The Morgan fingerprint density at radius 1 is 1.12 bits per heavy atom. The lowest BCUT2D eigenvalue weighted by Gasteiger charge is -2.41. The lowest BCUT2D eigenvalue weighted by Crippen LogP contribution is -2.43. The van der Waals surface area contributed by atoms with Gasteiger partial charge in [-0.2, -0.15) is 0 Å². The quantitative estimate of drug-likeness (QED) is 0.709. The molecule has 0 spiro atoms. The Morgan fingerprint density at radius 2 is 1.56 bits per heavy atom. The normalized spacial score (nSPS) is 42.2. The second kappa shape index (κ2) is 3.45. The molecule has 0 aromatic carbocycles. The molecule has 16 heavy (non-hydrogen) atoms. The minimum absolute atomic E-state index is 0.0792. The van der Waals surface area contributed by atoms with Gasteiger partial charge in [0.2, 0.25) is 0 Å². The van der Waals surface area contributed by atoms with Crippen molar-refractivity contribution in [1.29, 1.82) is 0 Å². The summed E-state index contributed by atoms with van der Waals surface area (Å²) in [6.45, 7) is 6.56. The summed E-state index contributed by atoms with van der Waals surface area (Å²) in [5.74, 6) is 1.39. The zero-order valence-electron chi connectivity index (χ0n) is 10.6. The Morgan fingerprint density at radius 3 is 1.88 bits per heavy atom. The van der Waals surface area contributed by atoms with Crippen LogP contribution in [0.4, 0.5) is 0 Å². The monoisotopic (exact) mass is 246 g/mol. The van der Waals surface area contributed by atoms with Crippen LogP contribution in [0, 0.1) is 17.3 Å². The van der Waals surface area contributed by atoms with Crippen molar-refractivity contribution in [3.63, 3.8) is 0 Å². The van der Waals surface area contributed by atoms with Gasteiger partial charge >= 0.3 is 0 Å². The first-order chi connectivity index (χ1) is 7.19. The van der Waals surface area contributed by atoms with E-state index in [1.165, 1.54) is 0 Å². The number of sulfone groups is 1. The largest absolute Gasteiger partial charge is 0.378 e. The summed E-state index contributed by atoms with van der Waals surface area (Å²) in [7, 11) is -1.00. The van der Waals surface area contributed by atoms with Gasteiger partial charge in [0.15, 0.2) is 9.84 Å². The summed E-state index contributed by atoms with van der Waals surface area (Å²) in [4.78, 5) is 0.